The zero-order valence-corrected chi connectivity index (χ0v) is 10.8. The van der Waals surface area contributed by atoms with Crippen molar-refractivity contribution in [2.75, 3.05) is 6.54 Å². The van der Waals surface area contributed by atoms with Crippen LogP contribution in [0.15, 0.2) is 29.2 Å². The molecule has 3 N–H and O–H groups in total. The van der Waals surface area contributed by atoms with Gasteiger partial charge in [0.25, 0.3) is 0 Å². The number of alkyl halides is 3. The molecule has 0 radical (unpaired) electrons. The Morgan fingerprint density at radius 2 is 1.95 bits per heavy atom. The molecule has 0 aliphatic carbocycles. The predicted octanol–water partition coefficient (Wildman–Crippen LogP) is 1.21. The zero-order chi connectivity index (χ0) is 14.7. The first-order valence-electron chi connectivity index (χ1n) is 5.23. The van der Waals surface area contributed by atoms with Gasteiger partial charge in [-0.15, -0.1) is 13.2 Å². The summed E-state index contributed by atoms with van der Waals surface area (Å²) in [7, 11) is -4.13. The number of halogens is 3. The number of benzene rings is 1. The molecule has 1 atom stereocenters. The van der Waals surface area contributed by atoms with Crippen LogP contribution in [0.4, 0.5) is 13.2 Å². The number of rotatable bonds is 5. The van der Waals surface area contributed by atoms with Gasteiger partial charge in [0.05, 0.1) is 0 Å². The molecule has 0 aliphatic heterocycles. The normalized spacial score (nSPS) is 14.2. The number of para-hydroxylation sites is 1. The van der Waals surface area contributed by atoms with Crippen molar-refractivity contribution in [2.45, 2.75) is 24.2 Å². The summed E-state index contributed by atoms with van der Waals surface area (Å²) in [5, 5.41) is 0. The van der Waals surface area contributed by atoms with Crippen molar-refractivity contribution in [2.24, 2.45) is 5.73 Å². The molecule has 0 heterocycles. The van der Waals surface area contributed by atoms with Gasteiger partial charge in [0.1, 0.15) is 10.6 Å². The number of nitrogens with two attached hydrogens (primary N) is 1. The van der Waals surface area contributed by atoms with Crippen LogP contribution in [-0.4, -0.2) is 27.4 Å². The molecule has 5 nitrogen and oxygen atoms in total. The smallest absolute Gasteiger partial charge is 0.404 e. The molecule has 0 aliphatic rings. The van der Waals surface area contributed by atoms with Crippen molar-refractivity contribution in [1.82, 2.24) is 4.72 Å². The largest absolute Gasteiger partial charge is 0.573 e. The highest BCUT2D eigenvalue weighted by Crippen LogP contribution is 2.29. The fourth-order valence-electron chi connectivity index (χ4n) is 1.26. The SMILES string of the molecule is C[C@H](CN)NS(=O)(=O)c1ccccc1OC(F)(F)F. The standard InChI is InChI=1S/C10H13F3N2O3S/c1-7(6-14)15-19(16,17)9-5-3-2-4-8(9)18-10(11,12)13/h2-5,7,15H,6,14H2,1H3/t7-/m1/s1. The van der Waals surface area contributed by atoms with E-state index in [0.717, 1.165) is 12.1 Å². The molecule has 1 aromatic carbocycles. The molecule has 0 saturated heterocycles. The van der Waals surface area contributed by atoms with Gasteiger partial charge in [-0.1, -0.05) is 12.1 Å². The van der Waals surface area contributed by atoms with Gasteiger partial charge in [0, 0.05) is 12.6 Å². The third kappa shape index (κ3) is 4.69. The quantitative estimate of drug-likeness (QED) is 0.856. The van der Waals surface area contributed by atoms with Gasteiger partial charge in [0.2, 0.25) is 10.0 Å². The molecule has 0 spiro atoms. The second-order valence-electron chi connectivity index (χ2n) is 3.75. The summed E-state index contributed by atoms with van der Waals surface area (Å²) in [5.41, 5.74) is 5.26. The third-order valence-electron chi connectivity index (χ3n) is 2.07. The lowest BCUT2D eigenvalue weighted by molar-refractivity contribution is -0.275. The second-order valence-corrected chi connectivity index (χ2v) is 5.43. The summed E-state index contributed by atoms with van der Waals surface area (Å²) in [6.45, 7) is 1.51. The lowest BCUT2D eigenvalue weighted by Crippen LogP contribution is -2.38. The van der Waals surface area contributed by atoms with E-state index in [0.29, 0.717) is 0 Å². The third-order valence-corrected chi connectivity index (χ3v) is 3.70. The Morgan fingerprint density at radius 1 is 1.37 bits per heavy atom. The van der Waals surface area contributed by atoms with Crippen LogP contribution in [0.5, 0.6) is 5.75 Å². The predicted molar refractivity (Wildman–Crippen MR) is 62.0 cm³/mol. The Balaban J connectivity index is 3.13. The van der Waals surface area contributed by atoms with E-state index in [1.807, 2.05) is 0 Å². The highest BCUT2D eigenvalue weighted by molar-refractivity contribution is 7.89. The van der Waals surface area contributed by atoms with Crippen LogP contribution in [0.25, 0.3) is 0 Å². The van der Waals surface area contributed by atoms with Crippen LogP contribution in [0.1, 0.15) is 6.92 Å². The average molecular weight is 298 g/mol. The maximum Gasteiger partial charge on any atom is 0.573 e. The first kappa shape index (κ1) is 15.7. The summed E-state index contributed by atoms with van der Waals surface area (Å²) < 4.78 is 66.2. The summed E-state index contributed by atoms with van der Waals surface area (Å²) in [6.07, 6.45) is -4.97. The molecule has 0 amide bonds. The number of ether oxygens (including phenoxy) is 1. The van der Waals surface area contributed by atoms with Gasteiger partial charge in [-0.05, 0) is 19.1 Å². The molecule has 0 aromatic heterocycles. The van der Waals surface area contributed by atoms with Gasteiger partial charge in [-0.2, -0.15) is 0 Å². The number of hydrogen-bond acceptors (Lipinski definition) is 4. The summed E-state index contributed by atoms with van der Waals surface area (Å²) in [6, 6.07) is 3.88. The summed E-state index contributed by atoms with van der Waals surface area (Å²) >= 11 is 0. The molecule has 9 heteroatoms. The van der Waals surface area contributed by atoms with E-state index < -0.39 is 33.1 Å². The fraction of sp³-hybridized carbons (Fsp3) is 0.400. The molecule has 0 unspecified atom stereocenters. The molecule has 0 fully saturated rings. The Morgan fingerprint density at radius 3 is 2.47 bits per heavy atom. The van der Waals surface area contributed by atoms with Crippen LogP contribution in [0.2, 0.25) is 0 Å². The number of nitrogens with one attached hydrogen (secondary N) is 1. The van der Waals surface area contributed by atoms with Crippen LogP contribution in [0.3, 0.4) is 0 Å². The highest BCUT2D eigenvalue weighted by atomic mass is 32.2. The monoisotopic (exact) mass is 298 g/mol. The Hall–Kier alpha value is -1.32. The first-order valence-corrected chi connectivity index (χ1v) is 6.71. The van der Waals surface area contributed by atoms with Crippen molar-refractivity contribution in [1.29, 1.82) is 0 Å². The van der Waals surface area contributed by atoms with Crippen molar-refractivity contribution < 1.29 is 26.3 Å². The van der Waals surface area contributed by atoms with Crippen LogP contribution < -0.4 is 15.2 Å². The van der Waals surface area contributed by atoms with Crippen molar-refractivity contribution in [3.05, 3.63) is 24.3 Å². The lowest BCUT2D eigenvalue weighted by atomic mass is 10.3. The minimum absolute atomic E-state index is 0.0154. The highest BCUT2D eigenvalue weighted by Gasteiger charge is 2.34. The van der Waals surface area contributed by atoms with Crippen LogP contribution >= 0.6 is 0 Å². The van der Waals surface area contributed by atoms with Crippen LogP contribution in [-0.2, 0) is 10.0 Å². The number of hydrogen-bond donors (Lipinski definition) is 2. The Labute approximate surface area is 108 Å². The molecule has 19 heavy (non-hydrogen) atoms. The maximum absolute atomic E-state index is 12.2. The molecular formula is C10H13F3N2O3S. The maximum atomic E-state index is 12.2. The second kappa shape index (κ2) is 5.76. The molecule has 1 rings (SSSR count). The van der Waals surface area contributed by atoms with Gasteiger partial charge >= 0.3 is 6.36 Å². The van der Waals surface area contributed by atoms with Crippen LogP contribution in [0, 0.1) is 0 Å². The molecular weight excluding hydrogens is 285 g/mol. The topological polar surface area (TPSA) is 81.4 Å². The van der Waals surface area contributed by atoms with Gasteiger partial charge in [0.15, 0.2) is 0 Å². The van der Waals surface area contributed by atoms with E-state index in [-0.39, 0.29) is 6.54 Å². The molecule has 108 valence electrons. The minimum Gasteiger partial charge on any atom is -0.404 e. The van der Waals surface area contributed by atoms with E-state index in [1.165, 1.54) is 19.1 Å². The number of sulfonamides is 1. The Kier molecular flexibility index (Phi) is 4.77. The van der Waals surface area contributed by atoms with Gasteiger partial charge in [-0.3, -0.25) is 0 Å². The zero-order valence-electron chi connectivity index (χ0n) is 9.94. The van der Waals surface area contributed by atoms with E-state index in [2.05, 4.69) is 9.46 Å². The van der Waals surface area contributed by atoms with E-state index in [4.69, 9.17) is 5.73 Å². The minimum atomic E-state index is -4.97. The first-order chi connectivity index (χ1) is 8.65. The lowest BCUT2D eigenvalue weighted by Gasteiger charge is -2.16. The van der Waals surface area contributed by atoms with Crippen molar-refractivity contribution in [3.63, 3.8) is 0 Å². The van der Waals surface area contributed by atoms with E-state index in [9.17, 15) is 21.6 Å². The fourth-order valence-corrected chi connectivity index (χ4v) is 2.64. The molecule has 0 bridgehead atoms. The van der Waals surface area contributed by atoms with Crippen molar-refractivity contribution >= 4 is 10.0 Å². The van der Waals surface area contributed by atoms with Gasteiger partial charge in [-0.25, -0.2) is 13.1 Å². The molecule has 1 aromatic rings. The molecule has 0 saturated carbocycles. The van der Waals surface area contributed by atoms with Crippen molar-refractivity contribution in [3.8, 4) is 5.75 Å². The van der Waals surface area contributed by atoms with E-state index >= 15 is 0 Å². The summed E-state index contributed by atoms with van der Waals surface area (Å²) in [5.74, 6) is -0.785. The summed E-state index contributed by atoms with van der Waals surface area (Å²) in [4.78, 5) is -0.590. The Bertz CT molecular complexity index is 531. The van der Waals surface area contributed by atoms with E-state index in [1.54, 1.807) is 0 Å². The van der Waals surface area contributed by atoms with Gasteiger partial charge < -0.3 is 10.5 Å². The average Bonchev–Trinajstić information content (AvgIpc) is 2.26.